The molecule has 0 bridgehead atoms. The number of rotatable bonds is 10. The van der Waals surface area contributed by atoms with Gasteiger partial charge in [-0.15, -0.1) is 34.2 Å². The largest absolute Gasteiger partial charge is 0.382 e. The van der Waals surface area contributed by atoms with E-state index >= 15 is 0 Å². The molecular formula is C22H33IN8O. The summed E-state index contributed by atoms with van der Waals surface area (Å²) in [6.45, 7) is 7.33. The molecule has 174 valence electrons. The van der Waals surface area contributed by atoms with Gasteiger partial charge in [-0.25, -0.2) is 9.67 Å². The van der Waals surface area contributed by atoms with Gasteiger partial charge in [0.05, 0.1) is 11.9 Å². The molecule has 3 aromatic rings. The molecule has 0 aliphatic carbocycles. The predicted molar refractivity (Wildman–Crippen MR) is 136 cm³/mol. The maximum Gasteiger partial charge on any atom is 0.194 e. The van der Waals surface area contributed by atoms with Gasteiger partial charge < -0.3 is 19.5 Å². The Hall–Kier alpha value is -2.47. The fourth-order valence-electron chi connectivity index (χ4n) is 3.08. The van der Waals surface area contributed by atoms with Crippen molar-refractivity contribution in [1.82, 2.24) is 34.8 Å². The van der Waals surface area contributed by atoms with E-state index in [4.69, 9.17) is 9.73 Å². The SMILES string of the molecule is CCOCCCNC(=NCc1nnc(C)n1C)N(C)Cc1cnn(-c2ccccc2)c1.I. The van der Waals surface area contributed by atoms with E-state index in [1.165, 1.54) is 0 Å². The van der Waals surface area contributed by atoms with Crippen molar-refractivity contribution in [3.05, 3.63) is 59.9 Å². The minimum Gasteiger partial charge on any atom is -0.382 e. The third-order valence-corrected chi connectivity index (χ3v) is 4.94. The van der Waals surface area contributed by atoms with Crippen LogP contribution in [-0.2, 0) is 24.9 Å². The van der Waals surface area contributed by atoms with E-state index < -0.39 is 0 Å². The van der Waals surface area contributed by atoms with Gasteiger partial charge in [0.2, 0.25) is 0 Å². The summed E-state index contributed by atoms with van der Waals surface area (Å²) in [7, 11) is 3.98. The zero-order valence-electron chi connectivity index (χ0n) is 19.2. The topological polar surface area (TPSA) is 85.4 Å². The summed E-state index contributed by atoms with van der Waals surface area (Å²) >= 11 is 0. The van der Waals surface area contributed by atoms with Gasteiger partial charge in [-0.3, -0.25) is 0 Å². The zero-order chi connectivity index (χ0) is 22.1. The minimum absolute atomic E-state index is 0. The van der Waals surface area contributed by atoms with Crippen LogP contribution in [0.4, 0.5) is 0 Å². The molecule has 10 heteroatoms. The van der Waals surface area contributed by atoms with E-state index in [0.717, 1.165) is 55.0 Å². The molecular weight excluding hydrogens is 519 g/mol. The van der Waals surface area contributed by atoms with Gasteiger partial charge in [-0.2, -0.15) is 5.10 Å². The molecule has 0 radical (unpaired) electrons. The monoisotopic (exact) mass is 552 g/mol. The third kappa shape index (κ3) is 7.30. The normalized spacial score (nSPS) is 11.3. The molecule has 2 aromatic heterocycles. The van der Waals surface area contributed by atoms with Gasteiger partial charge in [-0.1, -0.05) is 18.2 Å². The Labute approximate surface area is 206 Å². The van der Waals surface area contributed by atoms with Gasteiger partial charge in [0.25, 0.3) is 0 Å². The fraction of sp³-hybridized carbons (Fsp3) is 0.455. The van der Waals surface area contributed by atoms with Crippen molar-refractivity contribution in [1.29, 1.82) is 0 Å². The summed E-state index contributed by atoms with van der Waals surface area (Å²) in [5.74, 6) is 2.51. The van der Waals surface area contributed by atoms with Gasteiger partial charge in [-0.05, 0) is 32.4 Å². The molecule has 0 unspecified atom stereocenters. The van der Waals surface area contributed by atoms with Crippen molar-refractivity contribution in [2.45, 2.75) is 33.4 Å². The van der Waals surface area contributed by atoms with Gasteiger partial charge in [0.1, 0.15) is 12.4 Å². The first-order valence-corrected chi connectivity index (χ1v) is 10.6. The van der Waals surface area contributed by atoms with E-state index in [9.17, 15) is 0 Å². The molecule has 0 saturated heterocycles. The number of guanidine groups is 1. The van der Waals surface area contributed by atoms with E-state index in [-0.39, 0.29) is 24.0 Å². The molecule has 32 heavy (non-hydrogen) atoms. The van der Waals surface area contributed by atoms with Crippen LogP contribution in [0.2, 0.25) is 0 Å². The molecule has 0 aliphatic rings. The Balaban J connectivity index is 0.00000363. The van der Waals surface area contributed by atoms with E-state index in [1.54, 1.807) is 0 Å². The lowest BCUT2D eigenvalue weighted by molar-refractivity contribution is 0.145. The number of aryl methyl sites for hydroxylation is 1. The molecule has 3 rings (SSSR count). The molecule has 0 fully saturated rings. The van der Waals surface area contributed by atoms with Crippen LogP contribution >= 0.6 is 24.0 Å². The molecule has 9 nitrogen and oxygen atoms in total. The molecule has 2 heterocycles. The quantitative estimate of drug-likeness (QED) is 0.180. The number of aromatic nitrogens is 5. The summed E-state index contributed by atoms with van der Waals surface area (Å²) in [5.41, 5.74) is 2.14. The standard InChI is InChI=1S/C22H32N8O.HI/c1-5-31-13-9-12-23-22(24-15-21-27-26-18(2)29(21)4)28(3)16-19-14-25-30(17-19)20-10-7-6-8-11-20;/h6-8,10-11,14,17H,5,9,12-13,15-16H2,1-4H3,(H,23,24);1H. The molecule has 1 aromatic carbocycles. The van der Waals surface area contributed by atoms with Crippen LogP contribution in [0.15, 0.2) is 47.7 Å². The summed E-state index contributed by atoms with van der Waals surface area (Å²) in [5, 5.41) is 16.3. The van der Waals surface area contributed by atoms with Gasteiger partial charge >= 0.3 is 0 Å². The van der Waals surface area contributed by atoms with Crippen molar-refractivity contribution >= 4 is 29.9 Å². The first kappa shape index (κ1) is 25.8. The lowest BCUT2D eigenvalue weighted by Crippen LogP contribution is -2.39. The Morgan fingerprint density at radius 3 is 2.69 bits per heavy atom. The molecule has 0 amide bonds. The van der Waals surface area contributed by atoms with Crippen molar-refractivity contribution in [3.63, 3.8) is 0 Å². The fourth-order valence-corrected chi connectivity index (χ4v) is 3.08. The summed E-state index contributed by atoms with van der Waals surface area (Å²) in [6, 6.07) is 10.1. The number of hydrogen-bond acceptors (Lipinski definition) is 5. The van der Waals surface area contributed by atoms with E-state index in [1.807, 2.05) is 79.9 Å². The zero-order valence-corrected chi connectivity index (χ0v) is 21.6. The van der Waals surface area contributed by atoms with Gasteiger partial charge in [0, 0.05) is 52.2 Å². The van der Waals surface area contributed by atoms with Crippen LogP contribution in [-0.4, -0.2) is 62.2 Å². The van der Waals surface area contributed by atoms with Crippen molar-refractivity contribution in [2.24, 2.45) is 12.0 Å². The van der Waals surface area contributed by atoms with Crippen LogP contribution < -0.4 is 5.32 Å². The smallest absolute Gasteiger partial charge is 0.194 e. The first-order chi connectivity index (χ1) is 15.1. The molecule has 0 saturated carbocycles. The molecule has 1 N–H and O–H groups in total. The number of benzene rings is 1. The predicted octanol–water partition coefficient (Wildman–Crippen LogP) is 2.93. The number of hydrogen-bond donors (Lipinski definition) is 1. The highest BCUT2D eigenvalue weighted by atomic mass is 127. The lowest BCUT2D eigenvalue weighted by Gasteiger charge is -2.22. The summed E-state index contributed by atoms with van der Waals surface area (Å²) in [4.78, 5) is 6.88. The summed E-state index contributed by atoms with van der Waals surface area (Å²) < 4.78 is 9.28. The molecule has 0 atom stereocenters. The second kappa shape index (κ2) is 13.2. The number of ether oxygens (including phenoxy) is 1. The van der Waals surface area contributed by atoms with Crippen molar-refractivity contribution in [3.8, 4) is 5.69 Å². The highest BCUT2D eigenvalue weighted by Gasteiger charge is 2.11. The second-order valence-electron chi connectivity index (χ2n) is 7.32. The number of halogens is 1. The minimum atomic E-state index is 0. The third-order valence-electron chi connectivity index (χ3n) is 4.94. The van der Waals surface area contributed by atoms with Crippen LogP contribution in [0, 0.1) is 6.92 Å². The average Bonchev–Trinajstić information content (AvgIpc) is 3.38. The number of nitrogens with one attached hydrogen (secondary N) is 1. The lowest BCUT2D eigenvalue weighted by atomic mass is 10.3. The average molecular weight is 552 g/mol. The number of nitrogens with zero attached hydrogens (tertiary/aromatic N) is 7. The Kier molecular flexibility index (Phi) is 10.6. The number of aliphatic imine (C=N–C) groups is 1. The van der Waals surface area contributed by atoms with Crippen LogP contribution in [0.25, 0.3) is 5.69 Å². The maximum atomic E-state index is 5.44. The van der Waals surface area contributed by atoms with Crippen molar-refractivity contribution < 1.29 is 4.74 Å². The van der Waals surface area contributed by atoms with Crippen molar-refractivity contribution in [2.75, 3.05) is 26.8 Å². The van der Waals surface area contributed by atoms with Crippen LogP contribution in [0.3, 0.4) is 0 Å². The highest BCUT2D eigenvalue weighted by molar-refractivity contribution is 14.0. The Bertz CT molecular complexity index is 969. The first-order valence-electron chi connectivity index (χ1n) is 10.6. The number of para-hydroxylation sites is 1. The summed E-state index contributed by atoms with van der Waals surface area (Å²) in [6.07, 6.45) is 4.85. The molecule has 0 spiro atoms. The maximum absolute atomic E-state index is 5.44. The molecule has 0 aliphatic heterocycles. The van der Waals surface area contributed by atoms with Crippen LogP contribution in [0.1, 0.15) is 30.6 Å². The second-order valence-corrected chi connectivity index (χ2v) is 7.32. The van der Waals surface area contributed by atoms with E-state index in [2.05, 4.69) is 25.5 Å². The van der Waals surface area contributed by atoms with Crippen LogP contribution in [0.5, 0.6) is 0 Å². The highest BCUT2D eigenvalue weighted by Crippen LogP contribution is 2.09. The Morgan fingerprint density at radius 2 is 2.00 bits per heavy atom. The Morgan fingerprint density at radius 1 is 1.22 bits per heavy atom. The van der Waals surface area contributed by atoms with E-state index in [0.29, 0.717) is 13.1 Å². The van der Waals surface area contributed by atoms with Gasteiger partial charge in [0.15, 0.2) is 11.8 Å².